The van der Waals surface area contributed by atoms with E-state index in [0.29, 0.717) is 25.9 Å². The molecule has 1 saturated heterocycles. The number of likely N-dealkylation sites (tertiary alicyclic amines) is 1. The van der Waals surface area contributed by atoms with Crippen LogP contribution in [0.1, 0.15) is 25.8 Å². The van der Waals surface area contributed by atoms with E-state index in [4.69, 9.17) is 4.74 Å². The van der Waals surface area contributed by atoms with E-state index in [9.17, 15) is 14.7 Å². The SMILES string of the molecule is COc1ccc(C[C@@H](C)C(=O)N2CC[C@](C)(C(=O)O)C2)cc1. The summed E-state index contributed by atoms with van der Waals surface area (Å²) >= 11 is 0. The summed E-state index contributed by atoms with van der Waals surface area (Å²) in [6, 6.07) is 7.66. The maximum Gasteiger partial charge on any atom is 0.311 e. The van der Waals surface area contributed by atoms with Gasteiger partial charge < -0.3 is 14.7 Å². The summed E-state index contributed by atoms with van der Waals surface area (Å²) in [5.41, 5.74) is 0.261. The minimum Gasteiger partial charge on any atom is -0.497 e. The molecular formula is C17H23NO4. The normalized spacial score (nSPS) is 22.4. The van der Waals surface area contributed by atoms with Gasteiger partial charge in [0.15, 0.2) is 0 Å². The van der Waals surface area contributed by atoms with Crippen LogP contribution in [0.25, 0.3) is 0 Å². The van der Waals surface area contributed by atoms with Crippen molar-refractivity contribution in [2.75, 3.05) is 20.2 Å². The number of methoxy groups -OCH3 is 1. The minimum atomic E-state index is -0.828. The summed E-state index contributed by atoms with van der Waals surface area (Å²) in [5, 5.41) is 9.25. The van der Waals surface area contributed by atoms with E-state index in [1.54, 1.807) is 18.9 Å². The molecule has 1 amide bonds. The van der Waals surface area contributed by atoms with Gasteiger partial charge in [-0.25, -0.2) is 0 Å². The van der Waals surface area contributed by atoms with Crippen LogP contribution >= 0.6 is 0 Å². The number of carbonyl (C=O) groups excluding carboxylic acids is 1. The van der Waals surface area contributed by atoms with Crippen molar-refractivity contribution in [3.8, 4) is 5.75 Å². The molecule has 1 fully saturated rings. The molecule has 5 heteroatoms. The highest BCUT2D eigenvalue weighted by atomic mass is 16.5. The topological polar surface area (TPSA) is 66.8 Å². The number of nitrogens with zero attached hydrogens (tertiary/aromatic N) is 1. The molecule has 0 radical (unpaired) electrons. The van der Waals surface area contributed by atoms with Crippen molar-refractivity contribution in [1.82, 2.24) is 4.90 Å². The average molecular weight is 305 g/mol. The molecule has 1 aromatic carbocycles. The lowest BCUT2D eigenvalue weighted by Gasteiger charge is -2.23. The molecule has 1 aromatic rings. The van der Waals surface area contributed by atoms with Crippen LogP contribution in [0.4, 0.5) is 0 Å². The van der Waals surface area contributed by atoms with E-state index < -0.39 is 11.4 Å². The molecule has 120 valence electrons. The molecule has 0 bridgehead atoms. The first-order chi connectivity index (χ1) is 10.4. The van der Waals surface area contributed by atoms with E-state index in [1.165, 1.54) is 0 Å². The Morgan fingerprint density at radius 1 is 1.36 bits per heavy atom. The van der Waals surface area contributed by atoms with E-state index in [0.717, 1.165) is 11.3 Å². The van der Waals surface area contributed by atoms with Gasteiger partial charge in [0.25, 0.3) is 0 Å². The van der Waals surface area contributed by atoms with Crippen LogP contribution in [-0.2, 0) is 16.0 Å². The molecule has 1 aliphatic heterocycles. The molecule has 0 saturated carbocycles. The summed E-state index contributed by atoms with van der Waals surface area (Å²) < 4.78 is 5.12. The zero-order chi connectivity index (χ0) is 16.3. The van der Waals surface area contributed by atoms with Gasteiger partial charge in [-0.15, -0.1) is 0 Å². The van der Waals surface area contributed by atoms with Gasteiger partial charge in [0.05, 0.1) is 12.5 Å². The van der Waals surface area contributed by atoms with Crippen LogP contribution in [0, 0.1) is 11.3 Å². The number of hydrogen-bond acceptors (Lipinski definition) is 3. The summed E-state index contributed by atoms with van der Waals surface area (Å²) in [6.45, 7) is 4.42. The lowest BCUT2D eigenvalue weighted by atomic mass is 9.90. The number of carbonyl (C=O) groups is 2. The van der Waals surface area contributed by atoms with Crippen molar-refractivity contribution in [2.24, 2.45) is 11.3 Å². The van der Waals surface area contributed by atoms with Crippen LogP contribution in [0.15, 0.2) is 24.3 Å². The van der Waals surface area contributed by atoms with Gasteiger partial charge in [0.2, 0.25) is 5.91 Å². The number of ether oxygens (including phenoxy) is 1. The maximum absolute atomic E-state index is 12.5. The predicted molar refractivity (Wildman–Crippen MR) is 82.8 cm³/mol. The number of carboxylic acid groups (broad SMARTS) is 1. The van der Waals surface area contributed by atoms with Gasteiger partial charge in [-0.1, -0.05) is 19.1 Å². The minimum absolute atomic E-state index is 0.0285. The fourth-order valence-corrected chi connectivity index (χ4v) is 2.84. The Morgan fingerprint density at radius 2 is 2.00 bits per heavy atom. The van der Waals surface area contributed by atoms with E-state index in [1.807, 2.05) is 31.2 Å². The van der Waals surface area contributed by atoms with Crippen molar-refractivity contribution in [3.05, 3.63) is 29.8 Å². The third kappa shape index (κ3) is 3.40. The van der Waals surface area contributed by atoms with Crippen LogP contribution < -0.4 is 4.74 Å². The number of hydrogen-bond donors (Lipinski definition) is 1. The molecule has 0 aliphatic carbocycles. The third-order valence-electron chi connectivity index (χ3n) is 4.42. The lowest BCUT2D eigenvalue weighted by molar-refractivity contribution is -0.147. The predicted octanol–water partition coefficient (Wildman–Crippen LogP) is 2.20. The summed E-state index contributed by atoms with van der Waals surface area (Å²) in [7, 11) is 1.62. The van der Waals surface area contributed by atoms with Crippen molar-refractivity contribution < 1.29 is 19.4 Å². The second-order valence-electron chi connectivity index (χ2n) is 6.33. The van der Waals surface area contributed by atoms with Gasteiger partial charge in [0.1, 0.15) is 5.75 Å². The summed E-state index contributed by atoms with van der Waals surface area (Å²) in [6.07, 6.45) is 1.16. The second-order valence-corrected chi connectivity index (χ2v) is 6.33. The molecule has 1 heterocycles. The zero-order valence-corrected chi connectivity index (χ0v) is 13.3. The molecule has 0 spiro atoms. The molecule has 1 N–H and O–H groups in total. The zero-order valence-electron chi connectivity index (χ0n) is 13.3. The molecule has 0 unspecified atom stereocenters. The molecule has 1 aliphatic rings. The van der Waals surface area contributed by atoms with Gasteiger partial charge in [-0.05, 0) is 37.5 Å². The number of rotatable bonds is 5. The van der Waals surface area contributed by atoms with E-state index in [2.05, 4.69) is 0 Å². The van der Waals surface area contributed by atoms with Crippen molar-refractivity contribution in [3.63, 3.8) is 0 Å². The Bertz CT molecular complexity index is 554. The van der Waals surface area contributed by atoms with E-state index >= 15 is 0 Å². The number of benzene rings is 1. The first-order valence-electron chi connectivity index (χ1n) is 7.51. The maximum atomic E-state index is 12.5. The van der Waals surface area contributed by atoms with Gasteiger partial charge in [-0.2, -0.15) is 0 Å². The molecule has 2 atom stereocenters. The standard InChI is InChI=1S/C17H23NO4/c1-12(10-13-4-6-14(22-3)7-5-13)15(19)18-9-8-17(2,11-18)16(20)21/h4-7,12H,8-11H2,1-3H3,(H,20,21)/t12-,17+/m1/s1. The molecule has 22 heavy (non-hydrogen) atoms. The molecule has 0 aromatic heterocycles. The number of amides is 1. The number of carboxylic acids is 1. The highest BCUT2D eigenvalue weighted by molar-refractivity contribution is 5.82. The Labute approximate surface area is 130 Å². The van der Waals surface area contributed by atoms with Crippen LogP contribution in [0.5, 0.6) is 5.75 Å². The Morgan fingerprint density at radius 3 is 2.50 bits per heavy atom. The van der Waals surface area contributed by atoms with Gasteiger partial charge in [0, 0.05) is 19.0 Å². The number of aliphatic carboxylic acids is 1. The fraction of sp³-hybridized carbons (Fsp3) is 0.529. The second kappa shape index (κ2) is 6.38. The van der Waals surface area contributed by atoms with Gasteiger partial charge in [-0.3, -0.25) is 9.59 Å². The fourth-order valence-electron chi connectivity index (χ4n) is 2.84. The molecule has 2 rings (SSSR count). The van der Waals surface area contributed by atoms with Crippen LogP contribution in [-0.4, -0.2) is 42.1 Å². The first-order valence-corrected chi connectivity index (χ1v) is 7.51. The Kier molecular flexibility index (Phi) is 4.74. The average Bonchev–Trinajstić information content (AvgIpc) is 2.91. The lowest BCUT2D eigenvalue weighted by Crippen LogP contribution is -2.37. The quantitative estimate of drug-likeness (QED) is 0.905. The van der Waals surface area contributed by atoms with Crippen molar-refractivity contribution >= 4 is 11.9 Å². The smallest absolute Gasteiger partial charge is 0.311 e. The van der Waals surface area contributed by atoms with E-state index in [-0.39, 0.29) is 11.8 Å². The molecule has 5 nitrogen and oxygen atoms in total. The van der Waals surface area contributed by atoms with Gasteiger partial charge >= 0.3 is 5.97 Å². The highest BCUT2D eigenvalue weighted by Crippen LogP contribution is 2.31. The van der Waals surface area contributed by atoms with Crippen molar-refractivity contribution in [1.29, 1.82) is 0 Å². The Hall–Kier alpha value is -2.04. The third-order valence-corrected chi connectivity index (χ3v) is 4.42. The first kappa shape index (κ1) is 16.3. The van der Waals surface area contributed by atoms with Crippen molar-refractivity contribution in [2.45, 2.75) is 26.7 Å². The summed E-state index contributed by atoms with van der Waals surface area (Å²) in [4.78, 5) is 25.4. The van der Waals surface area contributed by atoms with Crippen LogP contribution in [0.2, 0.25) is 0 Å². The monoisotopic (exact) mass is 305 g/mol. The highest BCUT2D eigenvalue weighted by Gasteiger charge is 2.42. The molecular weight excluding hydrogens is 282 g/mol. The largest absolute Gasteiger partial charge is 0.497 e. The Balaban J connectivity index is 1.96. The summed E-state index contributed by atoms with van der Waals surface area (Å²) in [5.74, 6) is -0.171. The van der Waals surface area contributed by atoms with Crippen LogP contribution in [0.3, 0.4) is 0 Å².